The molecule has 0 aliphatic carbocycles. The number of benzene rings is 2. The van der Waals surface area contributed by atoms with E-state index in [1.165, 1.54) is 4.90 Å². The van der Waals surface area contributed by atoms with Gasteiger partial charge in [-0.25, -0.2) is 9.59 Å². The second kappa shape index (κ2) is 15.1. The van der Waals surface area contributed by atoms with Crippen molar-refractivity contribution >= 4 is 23.8 Å². The molecule has 2 heterocycles. The van der Waals surface area contributed by atoms with Crippen molar-refractivity contribution in [3.63, 3.8) is 0 Å². The van der Waals surface area contributed by atoms with Crippen LogP contribution in [0.1, 0.15) is 50.7 Å². The van der Waals surface area contributed by atoms with Crippen LogP contribution < -0.4 is 19.7 Å². The molecule has 0 aromatic heterocycles. The molecule has 0 saturated carbocycles. The number of alkyl carbamates (subject to hydrolysis) is 1. The third-order valence-electron chi connectivity index (χ3n) is 7.34. The van der Waals surface area contributed by atoms with Gasteiger partial charge in [0.1, 0.15) is 23.7 Å². The smallest absolute Gasteiger partial charge is 0.407 e. The summed E-state index contributed by atoms with van der Waals surface area (Å²) in [6, 6.07) is 13.3. The minimum atomic E-state index is -0.975. The number of nitrogens with one attached hydrogen (secondary N) is 1. The molecule has 3 amide bonds. The first-order chi connectivity index (χ1) is 21.0. The number of ether oxygens (including phenoxy) is 5. The van der Waals surface area contributed by atoms with Crippen LogP contribution in [-0.4, -0.2) is 92.9 Å². The van der Waals surface area contributed by atoms with E-state index in [-0.39, 0.29) is 44.3 Å². The minimum absolute atomic E-state index is 0.00257. The summed E-state index contributed by atoms with van der Waals surface area (Å²) in [5.41, 5.74) is 2.01. The van der Waals surface area contributed by atoms with Gasteiger partial charge in [-0.2, -0.15) is 0 Å². The number of hydrogen-bond donors (Lipinski definition) is 2. The Balaban J connectivity index is 1.38. The fourth-order valence-corrected chi connectivity index (χ4v) is 5.24. The summed E-state index contributed by atoms with van der Waals surface area (Å²) >= 11 is 0. The average Bonchev–Trinajstić information content (AvgIpc) is 2.98. The molecular weight excluding hydrogens is 570 g/mol. The predicted octanol–water partition coefficient (Wildman–Crippen LogP) is 4.40. The van der Waals surface area contributed by atoms with Gasteiger partial charge in [-0.05, 0) is 69.0 Å². The maximum absolute atomic E-state index is 12.6. The van der Waals surface area contributed by atoms with E-state index in [1.807, 2.05) is 42.5 Å². The molecule has 2 unspecified atom stereocenters. The van der Waals surface area contributed by atoms with Crippen LogP contribution in [0.2, 0.25) is 0 Å². The lowest BCUT2D eigenvalue weighted by molar-refractivity contribution is -0.121. The molecule has 2 aromatic rings. The zero-order valence-electron chi connectivity index (χ0n) is 25.9. The standard InChI is InChI=1S/C32H43N3O9/c1-32(2,3)44-30(37)33-13-17-41-24-9-7-23(8-10-24)25-12-15-34(31(38)39)19-28(25)42-20-22-6-11-27-26(18-22)35(14-5-16-40-4)29(36)21-43-27/h6-11,18,25,28H,5,12-17,19-21H2,1-4H3,(H,33,37)(H,38,39). The van der Waals surface area contributed by atoms with Crippen LogP contribution in [0.4, 0.5) is 15.3 Å². The van der Waals surface area contributed by atoms with E-state index in [9.17, 15) is 19.5 Å². The summed E-state index contributed by atoms with van der Waals surface area (Å²) in [4.78, 5) is 39.3. The highest BCUT2D eigenvalue weighted by Gasteiger charge is 2.33. The number of amides is 3. The van der Waals surface area contributed by atoms with Crippen LogP contribution in [0, 0.1) is 0 Å². The Morgan fingerprint density at radius 2 is 1.89 bits per heavy atom. The summed E-state index contributed by atoms with van der Waals surface area (Å²) in [6.07, 6.45) is -0.541. The molecule has 1 fully saturated rings. The molecule has 12 nitrogen and oxygen atoms in total. The van der Waals surface area contributed by atoms with E-state index >= 15 is 0 Å². The van der Waals surface area contributed by atoms with Crippen molar-refractivity contribution in [2.24, 2.45) is 0 Å². The number of anilines is 1. The van der Waals surface area contributed by atoms with Crippen molar-refractivity contribution < 1.29 is 43.2 Å². The van der Waals surface area contributed by atoms with Gasteiger partial charge in [0.15, 0.2) is 6.61 Å². The van der Waals surface area contributed by atoms with E-state index in [4.69, 9.17) is 23.7 Å². The molecule has 44 heavy (non-hydrogen) atoms. The molecule has 240 valence electrons. The average molecular weight is 614 g/mol. The highest BCUT2D eigenvalue weighted by Crippen LogP contribution is 2.35. The van der Waals surface area contributed by atoms with E-state index in [1.54, 1.807) is 32.8 Å². The molecule has 1 saturated heterocycles. The van der Waals surface area contributed by atoms with Crippen LogP contribution in [0.25, 0.3) is 0 Å². The zero-order valence-corrected chi connectivity index (χ0v) is 25.9. The number of methoxy groups -OCH3 is 1. The van der Waals surface area contributed by atoms with Gasteiger partial charge in [0, 0.05) is 32.7 Å². The number of fused-ring (bicyclic) bond motifs is 1. The van der Waals surface area contributed by atoms with Crippen molar-refractivity contribution in [3.8, 4) is 11.5 Å². The molecule has 0 radical (unpaired) electrons. The minimum Gasteiger partial charge on any atom is -0.492 e. The first kappa shape index (κ1) is 32.9. The van der Waals surface area contributed by atoms with Crippen LogP contribution in [0.15, 0.2) is 42.5 Å². The molecule has 2 N–H and O–H groups in total. The molecule has 0 spiro atoms. The normalized spacial score (nSPS) is 18.3. The Hall–Kier alpha value is -4.03. The molecule has 4 rings (SSSR count). The fraction of sp³-hybridized carbons (Fsp3) is 0.531. The van der Waals surface area contributed by atoms with Gasteiger partial charge in [-0.15, -0.1) is 0 Å². The Kier molecular flexibility index (Phi) is 11.3. The van der Waals surface area contributed by atoms with Crippen molar-refractivity contribution in [1.82, 2.24) is 10.2 Å². The van der Waals surface area contributed by atoms with Crippen LogP contribution in [0.3, 0.4) is 0 Å². The van der Waals surface area contributed by atoms with Crippen LogP contribution in [-0.2, 0) is 25.6 Å². The van der Waals surface area contributed by atoms with Crippen LogP contribution >= 0.6 is 0 Å². The lowest BCUT2D eigenvalue weighted by atomic mass is 9.87. The van der Waals surface area contributed by atoms with Gasteiger partial charge in [0.05, 0.1) is 31.5 Å². The second-order valence-electron chi connectivity index (χ2n) is 11.8. The van der Waals surface area contributed by atoms with Crippen molar-refractivity contribution in [3.05, 3.63) is 53.6 Å². The summed E-state index contributed by atoms with van der Waals surface area (Å²) in [7, 11) is 1.63. The zero-order chi connectivity index (χ0) is 31.7. The molecule has 2 aromatic carbocycles. The quantitative estimate of drug-likeness (QED) is 0.334. The van der Waals surface area contributed by atoms with Gasteiger partial charge >= 0.3 is 12.2 Å². The Labute approximate surface area is 258 Å². The maximum atomic E-state index is 12.6. The predicted molar refractivity (Wildman–Crippen MR) is 162 cm³/mol. The topological polar surface area (TPSA) is 136 Å². The number of carbonyl (C=O) groups is 3. The summed E-state index contributed by atoms with van der Waals surface area (Å²) in [5, 5.41) is 12.3. The summed E-state index contributed by atoms with van der Waals surface area (Å²) < 4.78 is 28.2. The van der Waals surface area contributed by atoms with Crippen molar-refractivity contribution in [1.29, 1.82) is 0 Å². The largest absolute Gasteiger partial charge is 0.492 e. The molecule has 12 heteroatoms. The number of likely N-dealkylation sites (tertiary alicyclic amines) is 1. The third-order valence-corrected chi connectivity index (χ3v) is 7.34. The first-order valence-electron chi connectivity index (χ1n) is 14.9. The van der Waals surface area contributed by atoms with Crippen molar-refractivity contribution in [2.45, 2.75) is 57.8 Å². The highest BCUT2D eigenvalue weighted by molar-refractivity contribution is 5.97. The highest BCUT2D eigenvalue weighted by atomic mass is 16.6. The number of rotatable bonds is 12. The van der Waals surface area contributed by atoms with E-state index in [2.05, 4.69) is 5.32 Å². The van der Waals surface area contributed by atoms with Gasteiger partial charge in [-0.1, -0.05) is 18.2 Å². The van der Waals surface area contributed by atoms with Gasteiger partial charge < -0.3 is 43.9 Å². The van der Waals surface area contributed by atoms with E-state index in [0.29, 0.717) is 56.3 Å². The lowest BCUT2D eigenvalue weighted by Crippen LogP contribution is -2.46. The number of carboxylic acid groups (broad SMARTS) is 1. The molecule has 2 atom stereocenters. The third kappa shape index (κ3) is 9.23. The van der Waals surface area contributed by atoms with Gasteiger partial charge in [0.2, 0.25) is 0 Å². The molecule has 2 aliphatic heterocycles. The number of carbonyl (C=O) groups excluding carboxylic acids is 2. The monoisotopic (exact) mass is 613 g/mol. The number of piperidine rings is 1. The van der Waals surface area contributed by atoms with Crippen molar-refractivity contribution in [2.75, 3.05) is 58.0 Å². The Morgan fingerprint density at radius 1 is 1.11 bits per heavy atom. The second-order valence-corrected chi connectivity index (χ2v) is 11.8. The SMILES string of the molecule is COCCCN1C(=O)COc2ccc(COC3CN(C(=O)O)CCC3c3ccc(OCCNC(=O)OC(C)(C)C)cc3)cc21. The number of nitrogens with zero attached hydrogens (tertiary/aromatic N) is 2. The Morgan fingerprint density at radius 3 is 2.59 bits per heavy atom. The van der Waals surface area contributed by atoms with E-state index in [0.717, 1.165) is 11.1 Å². The van der Waals surface area contributed by atoms with Gasteiger partial charge in [-0.3, -0.25) is 4.79 Å². The molecule has 0 bridgehead atoms. The number of hydrogen-bond acceptors (Lipinski definition) is 8. The van der Waals surface area contributed by atoms with E-state index < -0.39 is 17.8 Å². The lowest BCUT2D eigenvalue weighted by Gasteiger charge is -2.37. The molecular formula is C32H43N3O9. The first-order valence-corrected chi connectivity index (χ1v) is 14.9. The Bertz CT molecular complexity index is 1280. The summed E-state index contributed by atoms with van der Waals surface area (Å²) in [6.45, 7) is 7.94. The van der Waals surface area contributed by atoms with Gasteiger partial charge in [0.25, 0.3) is 5.91 Å². The maximum Gasteiger partial charge on any atom is 0.407 e. The van der Waals surface area contributed by atoms with Crippen LogP contribution in [0.5, 0.6) is 11.5 Å². The molecule has 2 aliphatic rings. The fourth-order valence-electron chi connectivity index (χ4n) is 5.24. The summed E-state index contributed by atoms with van der Waals surface area (Å²) in [5.74, 6) is 1.16.